The van der Waals surface area contributed by atoms with Crippen LogP contribution in [-0.2, 0) is 0 Å². The van der Waals surface area contributed by atoms with E-state index in [0.717, 1.165) is 37.3 Å². The molecule has 1 heterocycles. The van der Waals surface area contributed by atoms with Crippen LogP contribution in [0.25, 0.3) is 0 Å². The first-order valence-electron chi connectivity index (χ1n) is 12.1. The van der Waals surface area contributed by atoms with Gasteiger partial charge in [0.1, 0.15) is 0 Å². The van der Waals surface area contributed by atoms with Crippen molar-refractivity contribution >= 4 is 23.0 Å². The lowest BCUT2D eigenvalue weighted by Crippen LogP contribution is -2.43. The highest BCUT2D eigenvalue weighted by atomic mass is 16.2. The van der Waals surface area contributed by atoms with E-state index in [2.05, 4.69) is 52.3 Å². The molecule has 5 nitrogen and oxygen atoms in total. The lowest BCUT2D eigenvalue weighted by atomic mass is 9.99. The molecule has 1 aliphatic rings. The van der Waals surface area contributed by atoms with Crippen LogP contribution in [0.4, 0.5) is 17.1 Å². The number of carbonyl (C=O) groups is 1. The molecular formula is C29H32N4O. The van der Waals surface area contributed by atoms with E-state index in [1.54, 1.807) is 0 Å². The second kappa shape index (κ2) is 10.9. The van der Waals surface area contributed by atoms with Gasteiger partial charge in [0.25, 0.3) is 5.91 Å². The summed E-state index contributed by atoms with van der Waals surface area (Å²) in [5.41, 5.74) is 4.68. The first kappa shape index (κ1) is 23.4. The number of nitriles is 1. The number of amides is 1. The van der Waals surface area contributed by atoms with Crippen molar-refractivity contribution in [3.05, 3.63) is 90.0 Å². The third kappa shape index (κ3) is 5.07. The molecule has 0 atom stereocenters. The predicted molar refractivity (Wildman–Crippen MR) is 139 cm³/mol. The molecule has 1 aliphatic heterocycles. The Morgan fingerprint density at radius 1 is 0.912 bits per heavy atom. The zero-order valence-corrected chi connectivity index (χ0v) is 20.0. The number of nitrogens with zero attached hydrogens (tertiary/aromatic N) is 4. The molecule has 0 spiro atoms. The van der Waals surface area contributed by atoms with Crippen LogP contribution >= 0.6 is 0 Å². The zero-order chi connectivity index (χ0) is 23.9. The summed E-state index contributed by atoms with van der Waals surface area (Å²) in [6.07, 6.45) is 2.01. The van der Waals surface area contributed by atoms with E-state index in [1.165, 1.54) is 5.69 Å². The summed E-state index contributed by atoms with van der Waals surface area (Å²) in [6, 6.07) is 28.9. The van der Waals surface area contributed by atoms with Crippen molar-refractivity contribution in [3.63, 3.8) is 0 Å². The summed E-state index contributed by atoms with van der Waals surface area (Å²) >= 11 is 0. The number of anilines is 3. The van der Waals surface area contributed by atoms with Crippen molar-refractivity contribution in [1.29, 1.82) is 5.26 Å². The number of carbonyl (C=O) groups excluding carboxylic acids is 1. The first-order chi connectivity index (χ1) is 16.6. The molecule has 0 aliphatic carbocycles. The molecule has 1 amide bonds. The molecule has 1 fully saturated rings. The average Bonchev–Trinajstić information content (AvgIpc) is 2.91. The third-order valence-electron chi connectivity index (χ3n) is 6.65. The maximum Gasteiger partial charge on any atom is 0.253 e. The van der Waals surface area contributed by atoms with E-state index in [0.29, 0.717) is 30.3 Å². The molecule has 3 aromatic rings. The summed E-state index contributed by atoms with van der Waals surface area (Å²) in [5.74, 6) is 0.0609. The summed E-state index contributed by atoms with van der Waals surface area (Å²) in [4.78, 5) is 19.4. The SMILES string of the molecule is CCN(CC)C(=O)c1ccc(N(c2cccc(C#N)c2)C2CCN(c3ccccc3)CC2)cc1. The molecule has 0 N–H and O–H groups in total. The summed E-state index contributed by atoms with van der Waals surface area (Å²) < 4.78 is 0. The van der Waals surface area contributed by atoms with E-state index >= 15 is 0 Å². The van der Waals surface area contributed by atoms with E-state index < -0.39 is 0 Å². The van der Waals surface area contributed by atoms with Crippen molar-refractivity contribution in [1.82, 2.24) is 4.90 Å². The minimum atomic E-state index is 0.0609. The lowest BCUT2D eigenvalue weighted by Gasteiger charge is -2.40. The first-order valence-corrected chi connectivity index (χ1v) is 12.1. The molecule has 0 radical (unpaired) electrons. The fourth-order valence-corrected chi connectivity index (χ4v) is 4.78. The fourth-order valence-electron chi connectivity index (χ4n) is 4.78. The van der Waals surface area contributed by atoms with E-state index in [4.69, 9.17) is 0 Å². The van der Waals surface area contributed by atoms with E-state index in [1.807, 2.05) is 61.2 Å². The van der Waals surface area contributed by atoms with Gasteiger partial charge in [-0.2, -0.15) is 5.26 Å². The van der Waals surface area contributed by atoms with Gasteiger partial charge >= 0.3 is 0 Å². The van der Waals surface area contributed by atoms with Gasteiger partial charge in [0.05, 0.1) is 11.6 Å². The van der Waals surface area contributed by atoms with Gasteiger partial charge in [-0.15, -0.1) is 0 Å². The van der Waals surface area contributed by atoms with Crippen LogP contribution in [0.1, 0.15) is 42.6 Å². The Morgan fingerprint density at radius 3 is 2.21 bits per heavy atom. The minimum Gasteiger partial charge on any atom is -0.371 e. The van der Waals surface area contributed by atoms with Gasteiger partial charge in [0.15, 0.2) is 0 Å². The van der Waals surface area contributed by atoms with Crippen LogP contribution in [0.3, 0.4) is 0 Å². The molecule has 0 saturated carbocycles. The van der Waals surface area contributed by atoms with Gasteiger partial charge in [-0.25, -0.2) is 0 Å². The Hall–Kier alpha value is -3.78. The zero-order valence-electron chi connectivity index (χ0n) is 20.0. The van der Waals surface area contributed by atoms with E-state index in [9.17, 15) is 10.1 Å². The van der Waals surface area contributed by atoms with Gasteiger partial charge in [0.2, 0.25) is 0 Å². The fraction of sp³-hybridized carbons (Fsp3) is 0.310. The number of hydrogen-bond acceptors (Lipinski definition) is 4. The van der Waals surface area contributed by atoms with Crippen LogP contribution in [-0.4, -0.2) is 43.0 Å². The van der Waals surface area contributed by atoms with Crippen LogP contribution in [0.2, 0.25) is 0 Å². The monoisotopic (exact) mass is 452 g/mol. The lowest BCUT2D eigenvalue weighted by molar-refractivity contribution is 0.0773. The third-order valence-corrected chi connectivity index (χ3v) is 6.65. The summed E-state index contributed by atoms with van der Waals surface area (Å²) in [6.45, 7) is 7.35. The Morgan fingerprint density at radius 2 is 1.59 bits per heavy atom. The second-order valence-electron chi connectivity index (χ2n) is 8.61. The van der Waals surface area contributed by atoms with Crippen LogP contribution < -0.4 is 9.80 Å². The van der Waals surface area contributed by atoms with Crippen molar-refractivity contribution in [2.24, 2.45) is 0 Å². The number of hydrogen-bond donors (Lipinski definition) is 0. The molecule has 34 heavy (non-hydrogen) atoms. The predicted octanol–water partition coefficient (Wildman–Crippen LogP) is 5.85. The Kier molecular flexibility index (Phi) is 7.49. The molecular weight excluding hydrogens is 420 g/mol. The maximum absolute atomic E-state index is 12.8. The van der Waals surface area contributed by atoms with Gasteiger partial charge in [-0.05, 0) is 81.3 Å². The Balaban J connectivity index is 1.61. The topological polar surface area (TPSA) is 50.6 Å². The smallest absolute Gasteiger partial charge is 0.253 e. The average molecular weight is 453 g/mol. The summed E-state index contributed by atoms with van der Waals surface area (Å²) in [7, 11) is 0. The molecule has 0 aromatic heterocycles. The second-order valence-corrected chi connectivity index (χ2v) is 8.61. The van der Waals surface area contributed by atoms with Crippen LogP contribution in [0.5, 0.6) is 0 Å². The number of piperidine rings is 1. The molecule has 0 bridgehead atoms. The Bertz CT molecular complexity index is 1120. The van der Waals surface area contributed by atoms with Gasteiger partial charge in [-0.3, -0.25) is 4.79 Å². The van der Waals surface area contributed by atoms with Crippen molar-refractivity contribution in [2.45, 2.75) is 32.7 Å². The highest BCUT2D eigenvalue weighted by Crippen LogP contribution is 2.34. The highest BCUT2D eigenvalue weighted by Gasteiger charge is 2.27. The molecule has 4 rings (SSSR count). The molecule has 1 saturated heterocycles. The van der Waals surface area contributed by atoms with Crippen molar-refractivity contribution in [3.8, 4) is 6.07 Å². The van der Waals surface area contributed by atoms with Crippen LogP contribution in [0.15, 0.2) is 78.9 Å². The molecule has 174 valence electrons. The molecule has 0 unspecified atom stereocenters. The minimum absolute atomic E-state index is 0.0609. The summed E-state index contributed by atoms with van der Waals surface area (Å²) in [5, 5.41) is 9.46. The van der Waals surface area contributed by atoms with Gasteiger partial charge in [0, 0.05) is 54.8 Å². The largest absolute Gasteiger partial charge is 0.371 e. The number of para-hydroxylation sites is 1. The standard InChI is InChI=1S/C29H32N4O/c1-3-31(4-2)29(34)24-13-15-26(16-14-24)33(28-12-8-9-23(21-28)22-30)27-17-19-32(20-18-27)25-10-6-5-7-11-25/h5-16,21,27H,3-4,17-20H2,1-2H3. The van der Waals surface area contributed by atoms with Gasteiger partial charge < -0.3 is 14.7 Å². The quantitative estimate of drug-likeness (QED) is 0.451. The normalized spacial score (nSPS) is 13.9. The Labute approximate surface area is 202 Å². The highest BCUT2D eigenvalue weighted by molar-refractivity contribution is 5.94. The molecule has 5 heteroatoms. The van der Waals surface area contributed by atoms with Gasteiger partial charge in [-0.1, -0.05) is 24.3 Å². The van der Waals surface area contributed by atoms with Crippen molar-refractivity contribution < 1.29 is 4.79 Å². The van der Waals surface area contributed by atoms with Crippen molar-refractivity contribution in [2.75, 3.05) is 36.0 Å². The molecule has 3 aromatic carbocycles. The number of benzene rings is 3. The maximum atomic E-state index is 12.8. The van der Waals surface area contributed by atoms with Crippen LogP contribution in [0, 0.1) is 11.3 Å². The van der Waals surface area contributed by atoms with E-state index in [-0.39, 0.29) is 5.91 Å². The number of rotatable bonds is 7.